The minimum Gasteiger partial charge on any atom is -0.360 e. The van der Waals surface area contributed by atoms with E-state index in [0.29, 0.717) is 24.7 Å². The molecule has 8 heteroatoms. The Hall–Kier alpha value is -1.93. The number of piperazine rings is 1. The number of carbonyl (C=O) groups is 2. The van der Waals surface area contributed by atoms with Gasteiger partial charge in [0.1, 0.15) is 5.76 Å². The molecule has 2 N–H and O–H groups in total. The summed E-state index contributed by atoms with van der Waals surface area (Å²) in [6.07, 6.45) is 3.78. The van der Waals surface area contributed by atoms with Crippen LogP contribution >= 0.6 is 0 Å². The van der Waals surface area contributed by atoms with Crippen LogP contribution in [0.4, 0.5) is 0 Å². The molecule has 4 rings (SSSR count). The Bertz CT molecular complexity index is 681. The third-order valence-electron chi connectivity index (χ3n) is 5.84. The quantitative estimate of drug-likeness (QED) is 0.782. The molecule has 8 nitrogen and oxygen atoms in total. The Morgan fingerprint density at radius 1 is 1.26 bits per heavy atom. The van der Waals surface area contributed by atoms with Gasteiger partial charge in [0.2, 0.25) is 5.91 Å². The van der Waals surface area contributed by atoms with Gasteiger partial charge in [0.15, 0.2) is 5.69 Å². The lowest BCUT2D eigenvalue weighted by Crippen LogP contribution is -2.54. The molecule has 0 bridgehead atoms. The van der Waals surface area contributed by atoms with Gasteiger partial charge in [-0.05, 0) is 32.6 Å². The third-order valence-corrected chi connectivity index (χ3v) is 5.84. The molecule has 0 radical (unpaired) electrons. The van der Waals surface area contributed by atoms with E-state index in [1.165, 1.54) is 0 Å². The van der Waals surface area contributed by atoms with E-state index >= 15 is 0 Å². The summed E-state index contributed by atoms with van der Waals surface area (Å²) in [4.78, 5) is 29.3. The van der Waals surface area contributed by atoms with E-state index in [-0.39, 0.29) is 23.9 Å². The van der Waals surface area contributed by atoms with Crippen molar-refractivity contribution in [2.45, 2.75) is 50.6 Å². The summed E-state index contributed by atoms with van der Waals surface area (Å²) < 4.78 is 5.27. The number of carbonyl (C=O) groups excluding carboxylic acids is 2. The van der Waals surface area contributed by atoms with Crippen LogP contribution in [0.5, 0.6) is 0 Å². The van der Waals surface area contributed by atoms with Crippen molar-refractivity contribution < 1.29 is 14.1 Å². The Balaban J connectivity index is 1.26. The van der Waals surface area contributed by atoms with Crippen LogP contribution in [0, 0.1) is 0 Å². The van der Waals surface area contributed by atoms with E-state index in [1.807, 2.05) is 4.90 Å². The molecular formula is C19H29N5O3. The van der Waals surface area contributed by atoms with Gasteiger partial charge in [-0.2, -0.15) is 0 Å². The molecule has 0 aromatic carbocycles. The fourth-order valence-electron chi connectivity index (χ4n) is 4.04. The van der Waals surface area contributed by atoms with Gasteiger partial charge in [-0.1, -0.05) is 5.16 Å². The summed E-state index contributed by atoms with van der Waals surface area (Å²) in [6, 6.07) is 1.96. The summed E-state index contributed by atoms with van der Waals surface area (Å²) >= 11 is 0. The highest BCUT2D eigenvalue weighted by Crippen LogP contribution is 2.40. The van der Waals surface area contributed by atoms with E-state index in [9.17, 15) is 9.59 Å². The van der Waals surface area contributed by atoms with Crippen molar-refractivity contribution in [3.63, 3.8) is 0 Å². The van der Waals surface area contributed by atoms with Crippen molar-refractivity contribution in [3.8, 4) is 0 Å². The van der Waals surface area contributed by atoms with Crippen LogP contribution in [0.15, 0.2) is 10.6 Å². The summed E-state index contributed by atoms with van der Waals surface area (Å²) in [6.45, 7) is 6.98. The van der Waals surface area contributed by atoms with Crippen LogP contribution < -0.4 is 10.6 Å². The average Bonchev–Trinajstić information content (AvgIpc) is 3.39. The second kappa shape index (κ2) is 7.98. The molecule has 3 heterocycles. The van der Waals surface area contributed by atoms with Crippen LogP contribution in [-0.2, 0) is 4.79 Å². The molecule has 2 atom stereocenters. The lowest BCUT2D eigenvalue weighted by molar-refractivity contribution is -0.136. The average molecular weight is 375 g/mol. The second-order valence-corrected chi connectivity index (χ2v) is 8.05. The molecule has 1 saturated carbocycles. The molecule has 1 aromatic rings. The van der Waals surface area contributed by atoms with Gasteiger partial charge >= 0.3 is 0 Å². The Kier molecular flexibility index (Phi) is 5.45. The van der Waals surface area contributed by atoms with Crippen molar-refractivity contribution in [2.24, 2.45) is 0 Å². The molecule has 2 saturated heterocycles. The molecule has 0 spiro atoms. The molecule has 27 heavy (non-hydrogen) atoms. The number of aromatic nitrogens is 1. The number of rotatable bonds is 5. The number of nitrogens with zero attached hydrogens (tertiary/aromatic N) is 3. The molecule has 1 aliphatic carbocycles. The van der Waals surface area contributed by atoms with E-state index < -0.39 is 0 Å². The van der Waals surface area contributed by atoms with E-state index in [2.05, 4.69) is 27.6 Å². The largest absolute Gasteiger partial charge is 0.360 e. The first-order valence-electron chi connectivity index (χ1n) is 10.1. The van der Waals surface area contributed by atoms with Crippen LogP contribution in [0.2, 0.25) is 0 Å². The van der Waals surface area contributed by atoms with Crippen molar-refractivity contribution in [2.75, 3.05) is 39.3 Å². The normalized spacial score (nSPS) is 26.8. The van der Waals surface area contributed by atoms with E-state index in [0.717, 1.165) is 57.6 Å². The molecule has 3 fully saturated rings. The predicted octanol–water partition coefficient (Wildman–Crippen LogP) is 0.567. The van der Waals surface area contributed by atoms with E-state index in [1.54, 1.807) is 6.07 Å². The Morgan fingerprint density at radius 3 is 2.74 bits per heavy atom. The SMILES string of the molecule is C[C@H]1CC(NC(=O)c2cc(C3CC3)on2)CCN1C(=O)CN1CCNCC1. The molecule has 2 amide bonds. The fourth-order valence-corrected chi connectivity index (χ4v) is 4.04. The van der Waals surface area contributed by atoms with Crippen LogP contribution in [0.25, 0.3) is 0 Å². The molecule has 2 aliphatic heterocycles. The number of amides is 2. The van der Waals surface area contributed by atoms with Crippen LogP contribution in [0.3, 0.4) is 0 Å². The lowest BCUT2D eigenvalue weighted by atomic mass is 9.98. The summed E-state index contributed by atoms with van der Waals surface area (Å²) in [5, 5.41) is 10.3. The summed E-state index contributed by atoms with van der Waals surface area (Å²) in [7, 11) is 0. The Labute approximate surface area is 159 Å². The first kappa shape index (κ1) is 18.4. The predicted molar refractivity (Wildman–Crippen MR) is 99.5 cm³/mol. The third kappa shape index (κ3) is 4.50. The lowest BCUT2D eigenvalue weighted by Gasteiger charge is -2.39. The molecule has 148 valence electrons. The van der Waals surface area contributed by atoms with Crippen LogP contribution in [0.1, 0.15) is 54.8 Å². The van der Waals surface area contributed by atoms with Crippen molar-refractivity contribution in [1.82, 2.24) is 25.6 Å². The van der Waals surface area contributed by atoms with Gasteiger partial charge in [-0.25, -0.2) is 0 Å². The van der Waals surface area contributed by atoms with Crippen molar-refractivity contribution in [1.29, 1.82) is 0 Å². The highest BCUT2D eigenvalue weighted by molar-refractivity contribution is 5.92. The molecular weight excluding hydrogens is 346 g/mol. The molecule has 1 unspecified atom stereocenters. The Morgan fingerprint density at radius 2 is 2.04 bits per heavy atom. The number of hydrogen-bond donors (Lipinski definition) is 2. The topological polar surface area (TPSA) is 90.7 Å². The maximum Gasteiger partial charge on any atom is 0.273 e. The highest BCUT2D eigenvalue weighted by Gasteiger charge is 2.32. The van der Waals surface area contributed by atoms with Gasteiger partial charge < -0.3 is 20.1 Å². The maximum absolute atomic E-state index is 12.7. The van der Waals surface area contributed by atoms with Crippen LogP contribution in [-0.4, -0.2) is 78.1 Å². The number of likely N-dealkylation sites (tertiary alicyclic amines) is 1. The zero-order valence-electron chi connectivity index (χ0n) is 15.9. The van der Waals surface area contributed by atoms with Crippen molar-refractivity contribution >= 4 is 11.8 Å². The summed E-state index contributed by atoms with van der Waals surface area (Å²) in [5.41, 5.74) is 0.363. The minimum atomic E-state index is -0.177. The number of piperidine rings is 1. The van der Waals surface area contributed by atoms with Gasteiger partial charge in [-0.3, -0.25) is 14.5 Å². The zero-order valence-corrected chi connectivity index (χ0v) is 15.9. The number of nitrogens with one attached hydrogen (secondary N) is 2. The van der Waals surface area contributed by atoms with Gasteiger partial charge in [0.25, 0.3) is 5.91 Å². The summed E-state index contributed by atoms with van der Waals surface area (Å²) in [5.74, 6) is 1.29. The fraction of sp³-hybridized carbons (Fsp3) is 0.737. The van der Waals surface area contributed by atoms with Gasteiger partial charge in [-0.15, -0.1) is 0 Å². The molecule has 3 aliphatic rings. The monoisotopic (exact) mass is 375 g/mol. The minimum absolute atomic E-state index is 0.0665. The number of hydrogen-bond acceptors (Lipinski definition) is 6. The maximum atomic E-state index is 12.7. The van der Waals surface area contributed by atoms with Gasteiger partial charge in [0, 0.05) is 56.8 Å². The second-order valence-electron chi connectivity index (χ2n) is 8.05. The van der Waals surface area contributed by atoms with E-state index in [4.69, 9.17) is 4.52 Å². The highest BCUT2D eigenvalue weighted by atomic mass is 16.5. The smallest absolute Gasteiger partial charge is 0.273 e. The zero-order chi connectivity index (χ0) is 18.8. The standard InChI is InChI=1S/C19H29N5O3/c1-13-10-15(21-19(26)16-11-17(27-22-16)14-2-3-14)4-7-24(13)18(25)12-23-8-5-20-6-9-23/h11,13-15,20H,2-10,12H2,1H3,(H,21,26)/t13-,15?/m0/s1. The molecule has 1 aromatic heterocycles. The van der Waals surface area contributed by atoms with Crippen molar-refractivity contribution in [3.05, 3.63) is 17.5 Å². The first-order chi connectivity index (χ1) is 13.1. The first-order valence-corrected chi connectivity index (χ1v) is 10.1. The van der Waals surface area contributed by atoms with Gasteiger partial charge in [0.05, 0.1) is 6.54 Å².